The van der Waals surface area contributed by atoms with Gasteiger partial charge >= 0.3 is 0 Å². The standard InChI is InChI=1S/C67H120N12O13/c1-24-47-36-52(80)57(58(83)44(14)26-25-27-53(81)79-30-28-68-29-31-79)78(23)67(92)56(43(12)13)77(22)65(90)51(35-41(8)9)76(21)64(89)50(34-40(6)7)75(20)62(87)46(16)70-59(84)45(15)69-60(85)49(33-39(4)5)74(19)66(91)55(42(10)11)71-61(86)48(32-38(2)3)73(18)54(82)37-72(17)63(47)88/h38-51,55-58,68,83H,24-37H2,1-23H3,(H,69,85)(H,70,84)(H,71,86)/t44-,45+,46-,47-,48+,49+,50+,51+,55+,56+,57-,58-/m1/s1. The van der Waals surface area contributed by atoms with Crippen molar-refractivity contribution in [2.45, 2.75) is 229 Å². The number of nitrogens with one attached hydrogen (secondary N) is 4. The number of piperazine rings is 1. The zero-order valence-corrected chi connectivity index (χ0v) is 60.2. The Morgan fingerprint density at radius 1 is 0.500 bits per heavy atom. The Balaban J connectivity index is 2.96. The van der Waals surface area contributed by atoms with E-state index in [2.05, 4.69) is 21.3 Å². The van der Waals surface area contributed by atoms with Gasteiger partial charge in [0.2, 0.25) is 65.0 Å². The summed E-state index contributed by atoms with van der Waals surface area (Å²) in [7, 11) is 9.99. The van der Waals surface area contributed by atoms with Crippen LogP contribution in [0.25, 0.3) is 0 Å². The van der Waals surface area contributed by atoms with Crippen molar-refractivity contribution in [2.75, 3.05) is 82.1 Å². The second-order valence-corrected chi connectivity index (χ2v) is 28.6. The molecule has 0 unspecified atom stereocenters. The first-order chi connectivity index (χ1) is 42.6. The molecule has 0 aromatic rings. The summed E-state index contributed by atoms with van der Waals surface area (Å²) in [5.74, 6) is -10.7. The van der Waals surface area contributed by atoms with Crippen molar-refractivity contribution in [1.29, 1.82) is 0 Å². The van der Waals surface area contributed by atoms with Gasteiger partial charge < -0.3 is 65.6 Å². The average molecular weight is 1300 g/mol. The molecule has 0 radical (unpaired) electrons. The van der Waals surface area contributed by atoms with Crippen LogP contribution < -0.4 is 21.3 Å². The van der Waals surface area contributed by atoms with Crippen LogP contribution in [0.1, 0.15) is 169 Å². The van der Waals surface area contributed by atoms with Gasteiger partial charge in [0, 0.05) is 94.3 Å². The van der Waals surface area contributed by atoms with Crippen molar-refractivity contribution < 1.29 is 62.6 Å². The number of ketones is 1. The van der Waals surface area contributed by atoms with Gasteiger partial charge in [-0.1, -0.05) is 96.9 Å². The van der Waals surface area contributed by atoms with Crippen LogP contribution in [0.3, 0.4) is 0 Å². The molecule has 5 N–H and O–H groups in total. The SMILES string of the molecule is CC[C@@H]1CC(=O)[C@H]([C@H](O)[C@H](C)CCCC(=O)N2CCNCC2)N(C)C(=O)[C@H](C(C)C)N(C)C(=O)[C@H](CC(C)C)N(C)C(=O)[C@H](CC(C)C)N(C)C(=O)[C@@H](C)NC(=O)[C@H](C)NC(=O)[C@H](CC(C)C)N(C)C(=O)[C@H](C(C)C)NC(=O)[C@H](CC(C)C)N(C)C(=O)CN(C)C1=O. The number of nitrogens with zero attached hydrogens (tertiary/aromatic N) is 8. The molecule has 2 aliphatic rings. The fourth-order valence-corrected chi connectivity index (χ4v) is 12.3. The van der Waals surface area contributed by atoms with Crippen molar-refractivity contribution in [2.24, 2.45) is 47.3 Å². The van der Waals surface area contributed by atoms with E-state index < -0.39 is 162 Å². The first kappa shape index (κ1) is 81.9. The Kier molecular flexibility index (Phi) is 33.5. The average Bonchev–Trinajstić information content (AvgIpc) is 1.04. The maximum Gasteiger partial charge on any atom is 0.246 e. The third kappa shape index (κ3) is 23.1. The lowest BCUT2D eigenvalue weighted by atomic mass is 9.85. The van der Waals surface area contributed by atoms with E-state index in [1.165, 1.54) is 92.6 Å². The topological polar surface area (TPSA) is 299 Å². The number of amides is 11. The highest BCUT2D eigenvalue weighted by Crippen LogP contribution is 2.28. The van der Waals surface area contributed by atoms with Crippen molar-refractivity contribution >= 4 is 70.8 Å². The largest absolute Gasteiger partial charge is 0.390 e. The van der Waals surface area contributed by atoms with E-state index >= 15 is 19.2 Å². The van der Waals surface area contributed by atoms with E-state index in [-0.39, 0.29) is 74.5 Å². The summed E-state index contributed by atoms with van der Waals surface area (Å²) in [6.45, 7) is 30.1. The molecule has 25 heteroatoms. The van der Waals surface area contributed by atoms with Crippen LogP contribution in [0.15, 0.2) is 0 Å². The van der Waals surface area contributed by atoms with Crippen LogP contribution in [0, 0.1) is 47.3 Å². The number of aliphatic hydroxyl groups excluding tert-OH is 1. The summed E-state index contributed by atoms with van der Waals surface area (Å²) in [5, 5.41) is 23.9. The van der Waals surface area contributed by atoms with E-state index in [0.717, 1.165) is 4.90 Å². The lowest BCUT2D eigenvalue weighted by Gasteiger charge is -2.41. The van der Waals surface area contributed by atoms with Crippen LogP contribution in [0.2, 0.25) is 0 Å². The van der Waals surface area contributed by atoms with Gasteiger partial charge in [-0.05, 0) is 100 Å². The van der Waals surface area contributed by atoms with Crippen LogP contribution >= 0.6 is 0 Å². The number of aliphatic hydroxyl groups is 1. The summed E-state index contributed by atoms with van der Waals surface area (Å²) >= 11 is 0. The number of carbonyl (C=O) groups is 12. The van der Waals surface area contributed by atoms with Crippen molar-refractivity contribution in [3.63, 3.8) is 0 Å². The maximum absolute atomic E-state index is 15.4. The molecule has 2 rings (SSSR count). The minimum Gasteiger partial charge on any atom is -0.390 e. The summed E-state index contributed by atoms with van der Waals surface area (Å²) in [6, 6.07) is -11.1. The molecule has 0 bridgehead atoms. The van der Waals surface area contributed by atoms with Crippen LogP contribution in [0.4, 0.5) is 0 Å². The molecular weight excluding hydrogens is 1180 g/mol. The Morgan fingerprint density at radius 3 is 1.41 bits per heavy atom. The van der Waals surface area contributed by atoms with Gasteiger partial charge in [-0.2, -0.15) is 0 Å². The molecular formula is C67H120N12O13. The van der Waals surface area contributed by atoms with Gasteiger partial charge in [0.25, 0.3) is 0 Å². The van der Waals surface area contributed by atoms with E-state index in [4.69, 9.17) is 0 Å². The van der Waals surface area contributed by atoms with Gasteiger partial charge in [0.1, 0.15) is 54.4 Å². The third-order valence-corrected chi connectivity index (χ3v) is 18.2. The molecule has 2 aliphatic heterocycles. The van der Waals surface area contributed by atoms with Gasteiger partial charge in [-0.3, -0.25) is 57.5 Å². The molecule has 2 heterocycles. The molecule has 25 nitrogen and oxygen atoms in total. The molecule has 0 spiro atoms. The highest BCUT2D eigenvalue weighted by atomic mass is 16.3. The highest BCUT2D eigenvalue weighted by molar-refractivity contribution is 5.99. The number of hydrogen-bond donors (Lipinski definition) is 5. The predicted octanol–water partition coefficient (Wildman–Crippen LogP) is 3.00. The molecule has 0 aromatic carbocycles. The van der Waals surface area contributed by atoms with Crippen LogP contribution in [0.5, 0.6) is 0 Å². The Labute approximate surface area is 550 Å². The minimum atomic E-state index is -1.57. The zero-order valence-electron chi connectivity index (χ0n) is 60.2. The number of hydrogen-bond acceptors (Lipinski definition) is 14. The van der Waals surface area contributed by atoms with Gasteiger partial charge in [-0.25, -0.2) is 0 Å². The van der Waals surface area contributed by atoms with E-state index in [9.17, 15) is 43.5 Å². The molecule has 2 saturated heterocycles. The molecule has 2 fully saturated rings. The molecule has 11 amide bonds. The van der Waals surface area contributed by atoms with E-state index in [1.54, 1.807) is 46.4 Å². The Bertz CT molecular complexity index is 2520. The van der Waals surface area contributed by atoms with Gasteiger partial charge in [-0.15, -0.1) is 0 Å². The maximum atomic E-state index is 15.4. The van der Waals surface area contributed by atoms with Crippen molar-refractivity contribution in [3.05, 3.63) is 0 Å². The smallest absolute Gasteiger partial charge is 0.246 e. The van der Waals surface area contributed by atoms with Gasteiger partial charge in [0.05, 0.1) is 12.6 Å². The summed E-state index contributed by atoms with van der Waals surface area (Å²) in [4.78, 5) is 185. The molecule has 92 heavy (non-hydrogen) atoms. The summed E-state index contributed by atoms with van der Waals surface area (Å²) in [5.41, 5.74) is 0. The fourth-order valence-electron chi connectivity index (χ4n) is 12.3. The van der Waals surface area contributed by atoms with E-state index in [1.807, 2.05) is 55.4 Å². The monoisotopic (exact) mass is 1300 g/mol. The molecule has 526 valence electrons. The molecule has 0 aliphatic carbocycles. The Hall–Kier alpha value is -6.24. The number of Topliss-reactive ketones (excluding diaryl/α,β-unsaturated/α-hetero) is 1. The first-order valence-electron chi connectivity index (χ1n) is 33.6. The van der Waals surface area contributed by atoms with Crippen molar-refractivity contribution in [1.82, 2.24) is 60.5 Å². The normalized spacial score (nSPS) is 26.7. The van der Waals surface area contributed by atoms with Crippen molar-refractivity contribution in [3.8, 4) is 0 Å². The fraction of sp³-hybridized carbons (Fsp3) is 0.821. The lowest BCUT2D eigenvalue weighted by molar-refractivity contribution is -0.157. The first-order valence-corrected chi connectivity index (χ1v) is 33.6. The quantitative estimate of drug-likeness (QED) is 0.140. The van der Waals surface area contributed by atoms with Gasteiger partial charge in [0.15, 0.2) is 5.78 Å². The summed E-state index contributed by atoms with van der Waals surface area (Å²) in [6.07, 6.45) is -0.476. The predicted molar refractivity (Wildman–Crippen MR) is 353 cm³/mol. The zero-order chi connectivity index (χ0) is 70.7. The minimum absolute atomic E-state index is 0.0420. The molecule has 0 saturated carbocycles. The number of rotatable bonds is 17. The Morgan fingerprint density at radius 2 is 0.935 bits per heavy atom. The number of carbonyl (C=O) groups excluding carboxylic acids is 12. The second-order valence-electron chi connectivity index (χ2n) is 28.6. The highest BCUT2D eigenvalue weighted by Gasteiger charge is 2.46. The van der Waals surface area contributed by atoms with Crippen LogP contribution in [-0.4, -0.2) is 258 Å². The lowest BCUT2D eigenvalue weighted by Crippen LogP contribution is -2.62. The molecule has 12 atom stereocenters. The summed E-state index contributed by atoms with van der Waals surface area (Å²) < 4.78 is 0. The second kappa shape index (κ2) is 37.6. The third-order valence-electron chi connectivity index (χ3n) is 18.2. The van der Waals surface area contributed by atoms with Crippen LogP contribution in [-0.2, 0) is 57.5 Å². The van der Waals surface area contributed by atoms with E-state index in [0.29, 0.717) is 32.6 Å². The number of likely N-dealkylation sites (N-methyl/N-ethyl adjacent to an activating group) is 7. The molecule has 0 aromatic heterocycles.